The average Bonchev–Trinajstić information content (AvgIpc) is 2.73. The maximum atomic E-state index is 4.08. The van der Waals surface area contributed by atoms with Gasteiger partial charge in [0.15, 0.2) is 0 Å². The molecule has 1 N–H and O–H groups in total. The molecule has 98 valence electrons. The molecule has 18 heavy (non-hydrogen) atoms. The lowest BCUT2D eigenvalue weighted by Crippen LogP contribution is -2.31. The zero-order valence-electron chi connectivity index (χ0n) is 11.8. The van der Waals surface area contributed by atoms with Crippen LogP contribution in [-0.4, -0.2) is 23.3 Å². The Balaban J connectivity index is 2.27. The molecule has 0 atom stereocenters. The van der Waals surface area contributed by atoms with Crippen molar-refractivity contribution in [1.29, 1.82) is 0 Å². The van der Waals surface area contributed by atoms with Gasteiger partial charge in [-0.2, -0.15) is 5.10 Å². The Morgan fingerprint density at radius 1 is 1.11 bits per heavy atom. The van der Waals surface area contributed by atoms with Gasteiger partial charge in [0.1, 0.15) is 0 Å². The molecule has 0 aliphatic heterocycles. The Hall–Kier alpha value is -1.51. The predicted octanol–water partition coefficient (Wildman–Crippen LogP) is 3.68. The fraction of sp³-hybridized carbons (Fsp3) is 0.533. The van der Waals surface area contributed by atoms with Gasteiger partial charge in [-0.05, 0) is 30.0 Å². The SMILES string of the molecule is CC(C)CN(CC(C)C)c1ccc2[nH]ncc2c1. The van der Waals surface area contributed by atoms with Crippen molar-refractivity contribution in [1.82, 2.24) is 10.2 Å². The van der Waals surface area contributed by atoms with Gasteiger partial charge in [-0.3, -0.25) is 5.10 Å². The molecule has 2 aromatic rings. The van der Waals surface area contributed by atoms with Crippen LogP contribution in [0.1, 0.15) is 27.7 Å². The number of anilines is 1. The number of rotatable bonds is 5. The monoisotopic (exact) mass is 245 g/mol. The second-order valence-corrected chi connectivity index (χ2v) is 5.83. The van der Waals surface area contributed by atoms with Crippen LogP contribution >= 0.6 is 0 Å². The number of benzene rings is 1. The molecule has 0 amide bonds. The minimum atomic E-state index is 0.670. The van der Waals surface area contributed by atoms with Crippen LogP contribution in [0.5, 0.6) is 0 Å². The third-order valence-electron chi connectivity index (χ3n) is 2.96. The molecule has 0 saturated carbocycles. The minimum absolute atomic E-state index is 0.670. The lowest BCUT2D eigenvalue weighted by atomic mass is 10.1. The molecule has 0 radical (unpaired) electrons. The summed E-state index contributed by atoms with van der Waals surface area (Å²) in [5.41, 5.74) is 2.40. The maximum Gasteiger partial charge on any atom is 0.0651 e. The lowest BCUT2D eigenvalue weighted by molar-refractivity contribution is 0.553. The molecule has 1 aromatic heterocycles. The number of hydrogen-bond donors (Lipinski definition) is 1. The Morgan fingerprint density at radius 2 is 1.78 bits per heavy atom. The molecule has 0 aliphatic rings. The highest BCUT2D eigenvalue weighted by molar-refractivity contribution is 5.82. The third-order valence-corrected chi connectivity index (χ3v) is 2.96. The molecule has 2 rings (SSSR count). The third kappa shape index (κ3) is 3.03. The van der Waals surface area contributed by atoms with Gasteiger partial charge in [0.05, 0.1) is 11.7 Å². The van der Waals surface area contributed by atoms with Gasteiger partial charge in [0.2, 0.25) is 0 Å². The Morgan fingerprint density at radius 3 is 2.39 bits per heavy atom. The van der Waals surface area contributed by atoms with Crippen molar-refractivity contribution < 1.29 is 0 Å². The van der Waals surface area contributed by atoms with Crippen molar-refractivity contribution in [3.05, 3.63) is 24.4 Å². The van der Waals surface area contributed by atoms with Crippen LogP contribution in [0.25, 0.3) is 10.9 Å². The minimum Gasteiger partial charge on any atom is -0.371 e. The van der Waals surface area contributed by atoms with E-state index < -0.39 is 0 Å². The smallest absolute Gasteiger partial charge is 0.0651 e. The molecule has 0 spiro atoms. The van der Waals surface area contributed by atoms with E-state index in [1.54, 1.807) is 0 Å². The number of nitrogens with zero attached hydrogens (tertiary/aromatic N) is 2. The summed E-state index contributed by atoms with van der Waals surface area (Å²) in [5.74, 6) is 1.34. The summed E-state index contributed by atoms with van der Waals surface area (Å²) in [6, 6.07) is 6.53. The second-order valence-electron chi connectivity index (χ2n) is 5.83. The zero-order chi connectivity index (χ0) is 13.1. The topological polar surface area (TPSA) is 31.9 Å². The van der Waals surface area contributed by atoms with Gasteiger partial charge < -0.3 is 4.90 Å². The Labute approximate surface area is 109 Å². The number of H-pyrrole nitrogens is 1. The standard InChI is InChI=1S/C15H23N3/c1-11(2)9-18(10-12(3)4)14-5-6-15-13(7-14)8-16-17-15/h5-8,11-12H,9-10H2,1-4H3,(H,16,17). The molecule has 3 nitrogen and oxygen atoms in total. The van der Waals surface area contributed by atoms with Gasteiger partial charge in [-0.25, -0.2) is 0 Å². The largest absolute Gasteiger partial charge is 0.371 e. The predicted molar refractivity (Wildman–Crippen MR) is 78.0 cm³/mol. The summed E-state index contributed by atoms with van der Waals surface area (Å²) in [6.07, 6.45) is 1.89. The van der Waals surface area contributed by atoms with Crippen molar-refractivity contribution >= 4 is 16.6 Å². The molecule has 0 bridgehead atoms. The molecule has 0 aliphatic carbocycles. The molecule has 3 heteroatoms. The van der Waals surface area contributed by atoms with Crippen molar-refractivity contribution in [2.75, 3.05) is 18.0 Å². The summed E-state index contributed by atoms with van der Waals surface area (Å²) in [4.78, 5) is 2.47. The number of aromatic amines is 1. The summed E-state index contributed by atoms with van der Waals surface area (Å²) in [6.45, 7) is 11.3. The van der Waals surface area contributed by atoms with Crippen molar-refractivity contribution in [3.8, 4) is 0 Å². The fourth-order valence-corrected chi connectivity index (χ4v) is 2.29. The van der Waals surface area contributed by atoms with Crippen LogP contribution in [0.3, 0.4) is 0 Å². The normalized spacial score (nSPS) is 11.7. The maximum absolute atomic E-state index is 4.08. The summed E-state index contributed by atoms with van der Waals surface area (Å²) < 4.78 is 0. The molecule has 0 saturated heterocycles. The molecular formula is C15H23N3. The van der Waals surface area contributed by atoms with Gasteiger partial charge in [-0.1, -0.05) is 27.7 Å². The van der Waals surface area contributed by atoms with Crippen molar-refractivity contribution in [2.24, 2.45) is 11.8 Å². The van der Waals surface area contributed by atoms with E-state index in [2.05, 4.69) is 61.0 Å². The molecular weight excluding hydrogens is 222 g/mol. The van der Waals surface area contributed by atoms with Crippen molar-refractivity contribution in [2.45, 2.75) is 27.7 Å². The van der Waals surface area contributed by atoms with E-state index in [9.17, 15) is 0 Å². The van der Waals surface area contributed by atoms with Crippen molar-refractivity contribution in [3.63, 3.8) is 0 Å². The first-order valence-corrected chi connectivity index (χ1v) is 6.74. The van der Waals surface area contributed by atoms with Gasteiger partial charge >= 0.3 is 0 Å². The number of nitrogens with one attached hydrogen (secondary N) is 1. The molecule has 1 aromatic carbocycles. The van der Waals surface area contributed by atoms with Gasteiger partial charge in [0.25, 0.3) is 0 Å². The zero-order valence-corrected chi connectivity index (χ0v) is 11.8. The van der Waals surface area contributed by atoms with E-state index in [1.165, 1.54) is 11.1 Å². The first kappa shape index (κ1) is 12.9. The van der Waals surface area contributed by atoms with Gasteiger partial charge in [0, 0.05) is 24.2 Å². The first-order chi connectivity index (χ1) is 8.56. The Kier molecular flexibility index (Phi) is 3.90. The molecule has 0 fully saturated rings. The average molecular weight is 245 g/mol. The van der Waals surface area contributed by atoms with E-state index in [0.717, 1.165) is 18.6 Å². The molecule has 1 heterocycles. The van der Waals surface area contributed by atoms with Crippen LogP contribution in [-0.2, 0) is 0 Å². The lowest BCUT2D eigenvalue weighted by Gasteiger charge is -2.28. The van der Waals surface area contributed by atoms with Crippen LogP contribution in [0.4, 0.5) is 5.69 Å². The van der Waals surface area contributed by atoms with E-state index in [1.807, 2.05) is 6.20 Å². The highest BCUT2D eigenvalue weighted by Crippen LogP contribution is 2.22. The highest BCUT2D eigenvalue weighted by atomic mass is 15.1. The quantitative estimate of drug-likeness (QED) is 0.871. The van der Waals surface area contributed by atoms with E-state index in [4.69, 9.17) is 0 Å². The second kappa shape index (κ2) is 5.42. The van der Waals surface area contributed by atoms with Crippen LogP contribution < -0.4 is 4.90 Å². The van der Waals surface area contributed by atoms with Crippen LogP contribution in [0.15, 0.2) is 24.4 Å². The van der Waals surface area contributed by atoms with Crippen LogP contribution in [0, 0.1) is 11.8 Å². The number of fused-ring (bicyclic) bond motifs is 1. The molecule has 0 unspecified atom stereocenters. The van der Waals surface area contributed by atoms with E-state index >= 15 is 0 Å². The Bertz CT molecular complexity index is 489. The summed E-state index contributed by atoms with van der Waals surface area (Å²) >= 11 is 0. The van der Waals surface area contributed by atoms with Crippen LogP contribution in [0.2, 0.25) is 0 Å². The van der Waals surface area contributed by atoms with E-state index in [-0.39, 0.29) is 0 Å². The fourth-order valence-electron chi connectivity index (χ4n) is 2.29. The number of hydrogen-bond acceptors (Lipinski definition) is 2. The highest BCUT2D eigenvalue weighted by Gasteiger charge is 2.11. The van der Waals surface area contributed by atoms with E-state index in [0.29, 0.717) is 11.8 Å². The summed E-state index contributed by atoms with van der Waals surface area (Å²) in [5, 5.41) is 8.26. The summed E-state index contributed by atoms with van der Waals surface area (Å²) in [7, 11) is 0. The van der Waals surface area contributed by atoms with Gasteiger partial charge in [-0.15, -0.1) is 0 Å². The first-order valence-electron chi connectivity index (χ1n) is 6.74. The number of aromatic nitrogens is 2.